The second-order valence-electron chi connectivity index (χ2n) is 7.61. The molecule has 0 N–H and O–H groups in total. The number of aryl methyl sites for hydroxylation is 1. The molecule has 4 aromatic rings. The maximum Gasteiger partial charge on any atom is 0.282 e. The number of benzene rings is 3. The van der Waals surface area contributed by atoms with E-state index in [9.17, 15) is 4.79 Å². The fourth-order valence-electron chi connectivity index (χ4n) is 3.40. The number of fused-ring (bicyclic) bond motifs is 1. The lowest BCUT2D eigenvalue weighted by atomic mass is 10.2. The molecule has 0 aliphatic heterocycles. The predicted molar refractivity (Wildman–Crippen MR) is 138 cm³/mol. The average Bonchev–Trinajstić information content (AvgIpc) is 2.82. The number of aromatic nitrogens is 2. The lowest BCUT2D eigenvalue weighted by Gasteiger charge is -2.10. The summed E-state index contributed by atoms with van der Waals surface area (Å²) in [6, 6.07) is 20.7. The van der Waals surface area contributed by atoms with Gasteiger partial charge in [-0.25, -0.2) is 4.98 Å². The molecule has 0 fully saturated rings. The van der Waals surface area contributed by atoms with Crippen LogP contribution in [-0.4, -0.2) is 15.9 Å². The normalized spacial score (nSPS) is 11.4. The molecular formula is C26H23BrClN3O2. The lowest BCUT2D eigenvalue weighted by molar-refractivity contribution is 0.306. The van der Waals surface area contributed by atoms with Crippen molar-refractivity contribution >= 4 is 44.6 Å². The summed E-state index contributed by atoms with van der Waals surface area (Å²) < 4.78 is 8.14. The summed E-state index contributed by atoms with van der Waals surface area (Å²) in [7, 11) is 0. The number of nitrogens with zero attached hydrogens (tertiary/aromatic N) is 3. The van der Waals surface area contributed by atoms with Gasteiger partial charge >= 0.3 is 0 Å². The van der Waals surface area contributed by atoms with Gasteiger partial charge in [0.05, 0.1) is 17.1 Å². The molecule has 0 aliphatic carbocycles. The van der Waals surface area contributed by atoms with Crippen molar-refractivity contribution in [1.82, 2.24) is 9.66 Å². The van der Waals surface area contributed by atoms with Crippen molar-refractivity contribution in [2.45, 2.75) is 32.8 Å². The third kappa shape index (κ3) is 5.70. The molecule has 1 aromatic heterocycles. The van der Waals surface area contributed by atoms with Gasteiger partial charge in [0.15, 0.2) is 0 Å². The molecule has 4 rings (SSSR count). The van der Waals surface area contributed by atoms with Crippen LogP contribution in [0.3, 0.4) is 0 Å². The van der Waals surface area contributed by atoms with Crippen LogP contribution in [0.2, 0.25) is 5.02 Å². The van der Waals surface area contributed by atoms with Gasteiger partial charge in [-0.1, -0.05) is 71.2 Å². The fraction of sp³-hybridized carbons (Fsp3) is 0.192. The summed E-state index contributed by atoms with van der Waals surface area (Å²) in [6.07, 6.45) is 4.26. The van der Waals surface area contributed by atoms with Gasteiger partial charge in [-0.3, -0.25) is 4.79 Å². The summed E-state index contributed by atoms with van der Waals surface area (Å²) in [4.78, 5) is 17.9. The van der Waals surface area contributed by atoms with Crippen molar-refractivity contribution < 1.29 is 4.74 Å². The molecule has 0 aliphatic rings. The molecule has 0 amide bonds. The smallest absolute Gasteiger partial charge is 0.282 e. The van der Waals surface area contributed by atoms with Crippen LogP contribution >= 0.6 is 27.5 Å². The Labute approximate surface area is 205 Å². The van der Waals surface area contributed by atoms with Gasteiger partial charge in [-0.15, -0.1) is 0 Å². The highest BCUT2D eigenvalue weighted by Crippen LogP contribution is 2.20. The average molecular weight is 525 g/mol. The van der Waals surface area contributed by atoms with Crippen molar-refractivity contribution in [3.05, 3.63) is 104 Å². The molecule has 5 nitrogen and oxygen atoms in total. The highest BCUT2D eigenvalue weighted by atomic mass is 79.9. The minimum absolute atomic E-state index is 0.185. The van der Waals surface area contributed by atoms with Gasteiger partial charge in [0.25, 0.3) is 5.56 Å². The van der Waals surface area contributed by atoms with Crippen LogP contribution in [0, 0.1) is 0 Å². The Morgan fingerprint density at radius 3 is 2.79 bits per heavy atom. The minimum Gasteiger partial charge on any atom is -0.489 e. The maximum absolute atomic E-state index is 13.2. The zero-order valence-electron chi connectivity index (χ0n) is 18.2. The van der Waals surface area contributed by atoms with Crippen molar-refractivity contribution in [2.24, 2.45) is 5.10 Å². The van der Waals surface area contributed by atoms with Crippen LogP contribution in [0.1, 0.15) is 36.7 Å². The molecule has 0 atom stereocenters. The monoisotopic (exact) mass is 523 g/mol. The zero-order valence-corrected chi connectivity index (χ0v) is 20.5. The molecule has 0 saturated carbocycles. The lowest BCUT2D eigenvalue weighted by Crippen LogP contribution is -2.22. The summed E-state index contributed by atoms with van der Waals surface area (Å²) in [5.41, 5.74) is 2.22. The van der Waals surface area contributed by atoms with E-state index < -0.39 is 0 Å². The summed E-state index contributed by atoms with van der Waals surface area (Å²) in [5.74, 6) is 1.34. The van der Waals surface area contributed by atoms with Crippen molar-refractivity contribution in [1.29, 1.82) is 0 Å². The summed E-state index contributed by atoms with van der Waals surface area (Å²) >= 11 is 9.65. The minimum atomic E-state index is -0.185. The number of ether oxygens (including phenoxy) is 1. The highest BCUT2D eigenvalue weighted by Gasteiger charge is 2.11. The van der Waals surface area contributed by atoms with Crippen LogP contribution in [0.25, 0.3) is 10.9 Å². The van der Waals surface area contributed by atoms with Gasteiger partial charge < -0.3 is 4.74 Å². The van der Waals surface area contributed by atoms with E-state index in [1.165, 1.54) is 4.68 Å². The third-order valence-electron chi connectivity index (χ3n) is 5.16. The number of halogens is 2. The van der Waals surface area contributed by atoms with E-state index in [1.807, 2.05) is 60.7 Å². The Kier molecular flexibility index (Phi) is 7.57. The third-order valence-corrected chi connectivity index (χ3v) is 6.02. The molecule has 33 heavy (non-hydrogen) atoms. The molecule has 3 aromatic carbocycles. The largest absolute Gasteiger partial charge is 0.489 e. The molecule has 0 saturated heterocycles. The molecule has 7 heteroatoms. The van der Waals surface area contributed by atoms with Gasteiger partial charge in [0.2, 0.25) is 0 Å². The Balaban J connectivity index is 1.62. The number of rotatable bonds is 8. The Bertz CT molecular complexity index is 1370. The first-order valence-corrected chi connectivity index (χ1v) is 11.9. The SMILES string of the molecule is CCCCc1nc2ccc(Br)cc2c(=O)n1N=Cc1cccc(OCc2ccccc2Cl)c1. The standard InChI is InChI=1S/C26H23BrClN3O2/c1-2-3-11-25-30-24-13-12-20(27)15-22(24)26(32)31(25)29-16-18-7-6-9-21(14-18)33-17-19-8-4-5-10-23(19)28/h4-10,12-16H,2-3,11,17H2,1H3. The van der Waals surface area contributed by atoms with E-state index in [2.05, 4.69) is 28.0 Å². The molecular weight excluding hydrogens is 502 g/mol. The van der Waals surface area contributed by atoms with Gasteiger partial charge in [-0.2, -0.15) is 9.78 Å². The molecule has 0 spiro atoms. The quantitative estimate of drug-likeness (QED) is 0.244. The van der Waals surface area contributed by atoms with E-state index in [0.29, 0.717) is 40.5 Å². The van der Waals surface area contributed by atoms with Gasteiger partial charge in [0.1, 0.15) is 18.2 Å². The van der Waals surface area contributed by atoms with Crippen molar-refractivity contribution in [3.8, 4) is 5.75 Å². The zero-order chi connectivity index (χ0) is 23.2. The van der Waals surface area contributed by atoms with E-state index in [0.717, 1.165) is 28.4 Å². The number of hydrogen-bond acceptors (Lipinski definition) is 4. The van der Waals surface area contributed by atoms with Crippen LogP contribution in [0.15, 0.2) is 81.1 Å². The first-order chi connectivity index (χ1) is 16.0. The Hall–Kier alpha value is -2.96. The predicted octanol–water partition coefficient (Wildman–Crippen LogP) is 6.62. The van der Waals surface area contributed by atoms with E-state index in [-0.39, 0.29) is 5.56 Å². The molecule has 0 unspecified atom stereocenters. The Morgan fingerprint density at radius 1 is 1.12 bits per heavy atom. The second-order valence-corrected chi connectivity index (χ2v) is 8.93. The first-order valence-electron chi connectivity index (χ1n) is 10.8. The van der Waals surface area contributed by atoms with Crippen molar-refractivity contribution in [2.75, 3.05) is 0 Å². The van der Waals surface area contributed by atoms with Crippen LogP contribution < -0.4 is 10.3 Å². The fourth-order valence-corrected chi connectivity index (χ4v) is 3.95. The van der Waals surface area contributed by atoms with E-state index in [4.69, 9.17) is 21.3 Å². The topological polar surface area (TPSA) is 56.5 Å². The van der Waals surface area contributed by atoms with Crippen LogP contribution in [-0.2, 0) is 13.0 Å². The molecule has 0 bridgehead atoms. The van der Waals surface area contributed by atoms with Crippen LogP contribution in [0.5, 0.6) is 5.75 Å². The highest BCUT2D eigenvalue weighted by molar-refractivity contribution is 9.10. The first kappa shape index (κ1) is 23.2. The molecule has 0 radical (unpaired) electrons. The van der Waals surface area contributed by atoms with Gasteiger partial charge in [-0.05, 0) is 48.4 Å². The van der Waals surface area contributed by atoms with Crippen LogP contribution in [0.4, 0.5) is 0 Å². The second kappa shape index (κ2) is 10.8. The van der Waals surface area contributed by atoms with E-state index >= 15 is 0 Å². The van der Waals surface area contributed by atoms with Gasteiger partial charge in [0, 0.05) is 21.5 Å². The van der Waals surface area contributed by atoms with Crippen molar-refractivity contribution in [3.63, 3.8) is 0 Å². The number of unbranched alkanes of at least 4 members (excludes halogenated alkanes) is 1. The molecule has 168 valence electrons. The molecule has 1 heterocycles. The number of hydrogen-bond donors (Lipinski definition) is 0. The maximum atomic E-state index is 13.2. The van der Waals surface area contributed by atoms with E-state index in [1.54, 1.807) is 12.3 Å². The summed E-state index contributed by atoms with van der Waals surface area (Å²) in [6.45, 7) is 2.47. The summed E-state index contributed by atoms with van der Waals surface area (Å²) in [5, 5.41) is 5.70. The Morgan fingerprint density at radius 2 is 1.97 bits per heavy atom.